The molecule has 1 heterocycles. The number of nitrogens with zero attached hydrogens (tertiary/aromatic N) is 2. The maximum absolute atomic E-state index is 13.5. The number of hydrogen-bond donors (Lipinski definition) is 2. The molecule has 0 saturated heterocycles. The Kier molecular flexibility index (Phi) is 9.77. The van der Waals surface area contributed by atoms with Gasteiger partial charge in [-0.05, 0) is 37.5 Å². The van der Waals surface area contributed by atoms with Gasteiger partial charge in [-0.25, -0.2) is 4.79 Å². The Morgan fingerprint density at radius 3 is 2.53 bits per heavy atom. The molecule has 1 fully saturated rings. The van der Waals surface area contributed by atoms with Crippen LogP contribution in [0.3, 0.4) is 0 Å². The Balaban J connectivity index is 1.86. The highest BCUT2D eigenvalue weighted by Crippen LogP contribution is 2.37. The first-order valence-corrected chi connectivity index (χ1v) is 11.9. The van der Waals surface area contributed by atoms with Gasteiger partial charge in [0, 0.05) is 49.9 Å². The van der Waals surface area contributed by atoms with Crippen LogP contribution < -0.4 is 14.8 Å². The molecular weight excluding hydrogens is 503 g/mol. The van der Waals surface area contributed by atoms with E-state index >= 15 is 0 Å². The SMILES string of the molecule is O=C(c1cc(OCCNc2ccncc2)cc(Cl)c1OC(=O)C(F)(F)F)N(CCCO)C1CCCC1. The van der Waals surface area contributed by atoms with Crippen molar-refractivity contribution in [2.75, 3.05) is 31.6 Å². The van der Waals surface area contributed by atoms with Crippen molar-refractivity contribution in [3.05, 3.63) is 47.2 Å². The Labute approximate surface area is 211 Å². The summed E-state index contributed by atoms with van der Waals surface area (Å²) in [5, 5.41) is 12.0. The van der Waals surface area contributed by atoms with E-state index in [-0.39, 0.29) is 48.6 Å². The minimum absolute atomic E-state index is 0.125. The number of nitrogens with one attached hydrogen (secondary N) is 1. The average molecular weight is 530 g/mol. The smallest absolute Gasteiger partial charge is 0.491 e. The lowest BCUT2D eigenvalue weighted by Gasteiger charge is -2.30. The molecule has 2 aromatic rings. The number of carbonyl (C=O) groups excluding carboxylic acids is 2. The van der Waals surface area contributed by atoms with Gasteiger partial charge in [0.05, 0.1) is 10.6 Å². The monoisotopic (exact) mass is 529 g/mol. The van der Waals surface area contributed by atoms with Crippen molar-refractivity contribution in [2.45, 2.75) is 44.3 Å². The highest BCUT2D eigenvalue weighted by atomic mass is 35.5. The lowest BCUT2D eigenvalue weighted by Crippen LogP contribution is -2.40. The highest BCUT2D eigenvalue weighted by Gasteiger charge is 2.42. The molecule has 1 aromatic carbocycles. The van der Waals surface area contributed by atoms with E-state index in [9.17, 15) is 27.9 Å². The number of rotatable bonds is 11. The third kappa shape index (κ3) is 7.47. The van der Waals surface area contributed by atoms with Crippen molar-refractivity contribution < 1.29 is 37.3 Å². The molecule has 2 N–H and O–H groups in total. The molecule has 3 rings (SSSR count). The molecular formula is C24H27ClF3N3O5. The van der Waals surface area contributed by atoms with Gasteiger partial charge in [-0.3, -0.25) is 9.78 Å². The van der Waals surface area contributed by atoms with E-state index in [0.29, 0.717) is 6.54 Å². The summed E-state index contributed by atoms with van der Waals surface area (Å²) < 4.78 is 49.0. The van der Waals surface area contributed by atoms with Crippen LogP contribution in [0.2, 0.25) is 5.02 Å². The van der Waals surface area contributed by atoms with Gasteiger partial charge in [0.15, 0.2) is 5.75 Å². The van der Waals surface area contributed by atoms with Crippen molar-refractivity contribution >= 4 is 29.2 Å². The molecule has 36 heavy (non-hydrogen) atoms. The standard InChI is InChI=1S/C24H27ClF3N3O5/c25-20-15-18(35-13-10-30-16-6-8-29-9-7-16)14-19(21(20)36-23(34)24(26,27)28)22(33)31(11-3-12-32)17-4-1-2-5-17/h6-9,14-15,17,32H,1-5,10-13H2,(H,29,30). The molecule has 12 heteroatoms. The van der Waals surface area contributed by atoms with Gasteiger partial charge in [0.2, 0.25) is 0 Å². The largest absolute Gasteiger partial charge is 0.492 e. The number of carbonyl (C=O) groups is 2. The molecule has 0 atom stereocenters. The van der Waals surface area contributed by atoms with Gasteiger partial charge in [0.25, 0.3) is 5.91 Å². The van der Waals surface area contributed by atoms with Gasteiger partial charge in [0.1, 0.15) is 12.4 Å². The first kappa shape index (κ1) is 27.5. The van der Waals surface area contributed by atoms with Crippen molar-refractivity contribution in [2.24, 2.45) is 0 Å². The number of esters is 1. The third-order valence-electron chi connectivity index (χ3n) is 5.64. The summed E-state index contributed by atoms with van der Waals surface area (Å²) in [6.07, 6.45) is 1.49. The second-order valence-corrected chi connectivity index (χ2v) is 8.60. The second kappa shape index (κ2) is 12.8. The van der Waals surface area contributed by atoms with Crippen LogP contribution in [0.5, 0.6) is 11.5 Å². The topological polar surface area (TPSA) is 101 Å². The van der Waals surface area contributed by atoms with E-state index in [2.05, 4.69) is 15.0 Å². The van der Waals surface area contributed by atoms with Gasteiger partial charge in [-0.2, -0.15) is 13.2 Å². The van der Waals surface area contributed by atoms with Gasteiger partial charge in [-0.15, -0.1) is 0 Å². The molecule has 0 radical (unpaired) electrons. The van der Waals surface area contributed by atoms with Crippen LogP contribution in [-0.4, -0.2) is 65.4 Å². The fourth-order valence-electron chi connectivity index (χ4n) is 3.96. The van der Waals surface area contributed by atoms with Crippen LogP contribution >= 0.6 is 11.6 Å². The number of pyridine rings is 1. The molecule has 1 aromatic heterocycles. The zero-order valence-corrected chi connectivity index (χ0v) is 20.1. The number of halogens is 4. The highest BCUT2D eigenvalue weighted by molar-refractivity contribution is 6.33. The molecule has 0 bridgehead atoms. The van der Waals surface area contributed by atoms with E-state index in [1.165, 1.54) is 17.0 Å². The molecule has 1 aliphatic rings. The van der Waals surface area contributed by atoms with Crippen molar-refractivity contribution in [1.29, 1.82) is 0 Å². The van der Waals surface area contributed by atoms with Gasteiger partial charge in [-0.1, -0.05) is 24.4 Å². The molecule has 1 amide bonds. The van der Waals surface area contributed by atoms with Crippen molar-refractivity contribution in [3.63, 3.8) is 0 Å². The van der Waals surface area contributed by atoms with Crippen LogP contribution in [0.4, 0.5) is 18.9 Å². The van der Waals surface area contributed by atoms with E-state index in [0.717, 1.165) is 31.4 Å². The molecule has 1 aliphatic carbocycles. The summed E-state index contributed by atoms with van der Waals surface area (Å²) in [7, 11) is 0. The summed E-state index contributed by atoms with van der Waals surface area (Å²) in [5.41, 5.74) is 0.495. The number of aliphatic hydroxyl groups excluding tert-OH is 1. The fraction of sp³-hybridized carbons (Fsp3) is 0.458. The van der Waals surface area contributed by atoms with Crippen molar-refractivity contribution in [3.8, 4) is 11.5 Å². The number of hydrogen-bond acceptors (Lipinski definition) is 7. The number of anilines is 1. The zero-order chi connectivity index (χ0) is 26.1. The number of alkyl halides is 3. The molecule has 0 aliphatic heterocycles. The average Bonchev–Trinajstić information content (AvgIpc) is 3.38. The predicted octanol–water partition coefficient (Wildman–Crippen LogP) is 4.46. The van der Waals surface area contributed by atoms with Crippen LogP contribution in [0.15, 0.2) is 36.7 Å². The summed E-state index contributed by atoms with van der Waals surface area (Å²) in [6, 6.07) is 5.80. The zero-order valence-electron chi connectivity index (χ0n) is 19.4. The normalized spacial score (nSPS) is 13.9. The minimum atomic E-state index is -5.28. The first-order valence-electron chi connectivity index (χ1n) is 11.5. The molecule has 1 saturated carbocycles. The Morgan fingerprint density at radius 2 is 1.89 bits per heavy atom. The maximum Gasteiger partial charge on any atom is 0.491 e. The molecule has 0 spiro atoms. The number of aromatic nitrogens is 1. The minimum Gasteiger partial charge on any atom is -0.492 e. The lowest BCUT2D eigenvalue weighted by molar-refractivity contribution is -0.189. The number of ether oxygens (including phenoxy) is 2. The van der Waals surface area contributed by atoms with Crippen LogP contribution in [0.1, 0.15) is 42.5 Å². The van der Waals surface area contributed by atoms with E-state index in [4.69, 9.17) is 16.3 Å². The van der Waals surface area contributed by atoms with Crippen LogP contribution in [-0.2, 0) is 4.79 Å². The number of benzene rings is 1. The summed E-state index contributed by atoms with van der Waals surface area (Å²) >= 11 is 6.19. The fourth-order valence-corrected chi connectivity index (χ4v) is 4.21. The van der Waals surface area contributed by atoms with Crippen LogP contribution in [0.25, 0.3) is 0 Å². The summed E-state index contributed by atoms with van der Waals surface area (Å²) in [4.78, 5) is 30.5. The lowest BCUT2D eigenvalue weighted by atomic mass is 10.1. The van der Waals surface area contributed by atoms with E-state index in [1.807, 2.05) is 0 Å². The maximum atomic E-state index is 13.5. The summed E-state index contributed by atoms with van der Waals surface area (Å²) in [6.45, 7) is 0.539. The molecule has 0 unspecified atom stereocenters. The summed E-state index contributed by atoms with van der Waals surface area (Å²) in [5.74, 6) is -3.70. The van der Waals surface area contributed by atoms with Gasteiger partial charge >= 0.3 is 12.1 Å². The van der Waals surface area contributed by atoms with Crippen molar-refractivity contribution in [1.82, 2.24) is 9.88 Å². The Morgan fingerprint density at radius 1 is 1.19 bits per heavy atom. The van der Waals surface area contributed by atoms with Gasteiger partial charge < -0.3 is 24.8 Å². The first-order chi connectivity index (χ1) is 17.2. The number of aliphatic hydroxyl groups is 1. The number of amides is 1. The Bertz CT molecular complexity index is 1030. The molecule has 8 nitrogen and oxygen atoms in total. The van der Waals surface area contributed by atoms with Crippen LogP contribution in [0, 0.1) is 0 Å². The third-order valence-corrected chi connectivity index (χ3v) is 5.92. The quantitative estimate of drug-likeness (QED) is 0.252. The molecule has 196 valence electrons. The Hall–Kier alpha value is -3.05. The second-order valence-electron chi connectivity index (χ2n) is 8.19. The van der Waals surface area contributed by atoms with E-state index in [1.54, 1.807) is 24.5 Å². The van der Waals surface area contributed by atoms with E-state index < -0.39 is 23.8 Å². The predicted molar refractivity (Wildman–Crippen MR) is 126 cm³/mol.